The van der Waals surface area contributed by atoms with Gasteiger partial charge in [0, 0.05) is 14.0 Å². The predicted molar refractivity (Wildman–Crippen MR) is 44.3 cm³/mol. The third-order valence-corrected chi connectivity index (χ3v) is 1.96. The van der Waals surface area contributed by atoms with E-state index in [2.05, 4.69) is 0 Å². The fourth-order valence-corrected chi connectivity index (χ4v) is 1.29. The Bertz CT molecular complexity index is 204. The van der Waals surface area contributed by atoms with Crippen molar-refractivity contribution in [3.8, 4) is 0 Å². The maximum absolute atomic E-state index is 10.7. The molecule has 0 aromatic carbocycles. The van der Waals surface area contributed by atoms with Gasteiger partial charge in [0.1, 0.15) is 12.2 Å². The maximum Gasteiger partial charge on any atom is 0.303 e. The summed E-state index contributed by atoms with van der Waals surface area (Å²) in [6, 6.07) is 0. The summed E-state index contributed by atoms with van der Waals surface area (Å²) in [7, 11) is 1.37. The number of aliphatic hydroxyl groups excluding tert-OH is 2. The van der Waals surface area contributed by atoms with Crippen molar-refractivity contribution in [1.29, 1.82) is 0 Å². The quantitative estimate of drug-likeness (QED) is 0.543. The van der Waals surface area contributed by atoms with Crippen molar-refractivity contribution in [1.82, 2.24) is 0 Å². The van der Waals surface area contributed by atoms with Crippen molar-refractivity contribution in [2.45, 2.75) is 31.5 Å². The number of ether oxygens (including phenoxy) is 3. The smallest absolute Gasteiger partial charge is 0.303 e. The number of hydrogen-bond acceptors (Lipinski definition) is 6. The molecule has 0 aromatic heterocycles. The van der Waals surface area contributed by atoms with Gasteiger partial charge in [0.2, 0.25) is 0 Å². The summed E-state index contributed by atoms with van der Waals surface area (Å²) in [5.41, 5.74) is 0. The number of carbonyl (C=O) groups is 1. The molecule has 0 spiro atoms. The SMILES string of the molecule is CO[C@H]1OC[C@H](O)[C@H](O)[C@H]1OC(C)=O. The Morgan fingerprint density at radius 3 is 2.64 bits per heavy atom. The van der Waals surface area contributed by atoms with Gasteiger partial charge in [0.15, 0.2) is 12.4 Å². The van der Waals surface area contributed by atoms with Gasteiger partial charge in [-0.05, 0) is 0 Å². The first kappa shape index (κ1) is 11.4. The van der Waals surface area contributed by atoms with E-state index in [1.54, 1.807) is 0 Å². The minimum atomic E-state index is -1.18. The van der Waals surface area contributed by atoms with Gasteiger partial charge in [-0.25, -0.2) is 0 Å². The van der Waals surface area contributed by atoms with E-state index in [1.165, 1.54) is 14.0 Å². The fraction of sp³-hybridized carbons (Fsp3) is 0.875. The highest BCUT2D eigenvalue weighted by Gasteiger charge is 2.41. The van der Waals surface area contributed by atoms with Crippen LogP contribution in [0.25, 0.3) is 0 Å². The first-order chi connectivity index (χ1) is 6.56. The van der Waals surface area contributed by atoms with Crippen LogP contribution < -0.4 is 0 Å². The second-order valence-corrected chi connectivity index (χ2v) is 3.07. The predicted octanol–water partition coefficient (Wildman–Crippen LogP) is -1.36. The van der Waals surface area contributed by atoms with E-state index in [9.17, 15) is 15.0 Å². The average molecular weight is 206 g/mol. The summed E-state index contributed by atoms with van der Waals surface area (Å²) in [5, 5.41) is 18.8. The molecule has 1 fully saturated rings. The van der Waals surface area contributed by atoms with Crippen LogP contribution in [0.1, 0.15) is 6.92 Å². The Morgan fingerprint density at radius 1 is 1.50 bits per heavy atom. The van der Waals surface area contributed by atoms with E-state index in [0.717, 1.165) is 0 Å². The molecule has 0 aromatic rings. The van der Waals surface area contributed by atoms with Gasteiger partial charge in [-0.1, -0.05) is 0 Å². The zero-order valence-electron chi connectivity index (χ0n) is 8.04. The minimum absolute atomic E-state index is 0.0442. The first-order valence-electron chi connectivity index (χ1n) is 4.24. The summed E-state index contributed by atoms with van der Waals surface area (Å²) in [6.07, 6.45) is -4.07. The lowest BCUT2D eigenvalue weighted by molar-refractivity contribution is -0.267. The zero-order valence-corrected chi connectivity index (χ0v) is 8.04. The van der Waals surface area contributed by atoms with E-state index in [0.29, 0.717) is 0 Å². The molecule has 1 aliphatic rings. The Kier molecular flexibility index (Phi) is 3.82. The van der Waals surface area contributed by atoms with Gasteiger partial charge >= 0.3 is 5.97 Å². The second kappa shape index (κ2) is 4.70. The highest BCUT2D eigenvalue weighted by atomic mass is 16.7. The summed E-state index contributed by atoms with van der Waals surface area (Å²) in [6.45, 7) is 1.16. The van der Waals surface area contributed by atoms with Crippen LogP contribution in [0.15, 0.2) is 0 Å². The van der Waals surface area contributed by atoms with Gasteiger partial charge in [-0.3, -0.25) is 4.79 Å². The van der Waals surface area contributed by atoms with Gasteiger partial charge in [-0.15, -0.1) is 0 Å². The normalized spacial score (nSPS) is 38.0. The lowest BCUT2D eigenvalue weighted by Gasteiger charge is -2.36. The van der Waals surface area contributed by atoms with Crippen molar-refractivity contribution in [2.75, 3.05) is 13.7 Å². The molecule has 6 nitrogen and oxygen atoms in total. The largest absolute Gasteiger partial charge is 0.454 e. The van der Waals surface area contributed by atoms with Crippen molar-refractivity contribution in [3.63, 3.8) is 0 Å². The van der Waals surface area contributed by atoms with Crippen molar-refractivity contribution < 1.29 is 29.2 Å². The Balaban J connectivity index is 2.66. The molecule has 1 saturated heterocycles. The van der Waals surface area contributed by atoms with E-state index in [1.807, 2.05) is 0 Å². The van der Waals surface area contributed by atoms with Crippen molar-refractivity contribution in [3.05, 3.63) is 0 Å². The number of esters is 1. The standard InChI is InChI=1S/C8H14O6/c1-4(9)14-7-6(11)5(10)3-13-8(7)12-2/h5-8,10-11H,3H2,1-2H3/t5-,6-,7+,8-/m0/s1. The first-order valence-corrected chi connectivity index (χ1v) is 4.24. The van der Waals surface area contributed by atoms with Gasteiger partial charge in [0.05, 0.1) is 6.61 Å². The number of carbonyl (C=O) groups excluding carboxylic acids is 1. The molecule has 0 radical (unpaired) electrons. The lowest BCUT2D eigenvalue weighted by Crippen LogP contribution is -2.55. The highest BCUT2D eigenvalue weighted by molar-refractivity contribution is 5.66. The zero-order chi connectivity index (χ0) is 10.7. The van der Waals surface area contributed by atoms with Crippen LogP contribution in [0.4, 0.5) is 0 Å². The van der Waals surface area contributed by atoms with Gasteiger partial charge in [-0.2, -0.15) is 0 Å². The molecule has 1 heterocycles. The van der Waals surface area contributed by atoms with E-state index in [4.69, 9.17) is 14.2 Å². The monoisotopic (exact) mass is 206 g/mol. The van der Waals surface area contributed by atoms with Crippen molar-refractivity contribution >= 4 is 5.97 Å². The minimum Gasteiger partial charge on any atom is -0.454 e. The van der Waals surface area contributed by atoms with Crippen LogP contribution in [-0.2, 0) is 19.0 Å². The molecule has 1 rings (SSSR count). The molecule has 82 valence electrons. The third-order valence-electron chi connectivity index (χ3n) is 1.96. The van der Waals surface area contributed by atoms with Crippen LogP contribution >= 0.6 is 0 Å². The van der Waals surface area contributed by atoms with Crippen LogP contribution in [0.5, 0.6) is 0 Å². The molecule has 0 amide bonds. The summed E-state index contributed by atoms with van der Waals surface area (Å²) in [5.74, 6) is -0.561. The summed E-state index contributed by atoms with van der Waals surface area (Å²) < 4.78 is 14.6. The molecule has 2 N–H and O–H groups in total. The Labute approximate surface area is 81.4 Å². The number of hydrogen-bond donors (Lipinski definition) is 2. The maximum atomic E-state index is 10.7. The van der Waals surface area contributed by atoms with Gasteiger partial charge < -0.3 is 24.4 Å². The van der Waals surface area contributed by atoms with E-state index >= 15 is 0 Å². The fourth-order valence-electron chi connectivity index (χ4n) is 1.29. The number of aliphatic hydroxyl groups is 2. The van der Waals surface area contributed by atoms with Crippen LogP contribution in [0.3, 0.4) is 0 Å². The lowest BCUT2D eigenvalue weighted by atomic mass is 10.1. The van der Waals surface area contributed by atoms with Crippen LogP contribution in [0.2, 0.25) is 0 Å². The summed E-state index contributed by atoms with van der Waals surface area (Å²) in [4.78, 5) is 10.7. The molecule has 4 atom stereocenters. The number of methoxy groups -OCH3 is 1. The summed E-state index contributed by atoms with van der Waals surface area (Å²) >= 11 is 0. The van der Waals surface area contributed by atoms with E-state index < -0.39 is 30.6 Å². The molecule has 1 aliphatic heterocycles. The molecular formula is C8H14O6. The molecule has 6 heteroatoms. The molecule has 0 aliphatic carbocycles. The molecule has 0 unspecified atom stereocenters. The molecule has 14 heavy (non-hydrogen) atoms. The van der Waals surface area contributed by atoms with Crippen LogP contribution in [-0.4, -0.2) is 54.5 Å². The molecule has 0 bridgehead atoms. The third kappa shape index (κ3) is 2.42. The number of rotatable bonds is 2. The Morgan fingerprint density at radius 2 is 2.14 bits per heavy atom. The van der Waals surface area contributed by atoms with E-state index in [-0.39, 0.29) is 6.61 Å². The highest BCUT2D eigenvalue weighted by Crippen LogP contribution is 2.19. The van der Waals surface area contributed by atoms with Crippen LogP contribution in [0, 0.1) is 0 Å². The molecular weight excluding hydrogens is 192 g/mol. The second-order valence-electron chi connectivity index (χ2n) is 3.07. The Hall–Kier alpha value is -0.690. The van der Waals surface area contributed by atoms with Gasteiger partial charge in [0.25, 0.3) is 0 Å². The molecule has 0 saturated carbocycles. The topological polar surface area (TPSA) is 85.2 Å². The average Bonchev–Trinajstić information content (AvgIpc) is 2.13. The van der Waals surface area contributed by atoms with Crippen molar-refractivity contribution in [2.24, 2.45) is 0 Å².